The van der Waals surface area contributed by atoms with Crippen LogP contribution in [0, 0.1) is 62.9 Å². The summed E-state index contributed by atoms with van der Waals surface area (Å²) in [6, 6.07) is 6.01. The number of ether oxygens (including phenoxy) is 6. The van der Waals surface area contributed by atoms with Gasteiger partial charge in [0.15, 0.2) is 12.2 Å². The van der Waals surface area contributed by atoms with Crippen LogP contribution in [-0.2, 0) is 38.3 Å². The first-order valence-corrected chi connectivity index (χ1v) is 23.2. The maximum absolute atomic E-state index is 12.7. The first-order valence-electron chi connectivity index (χ1n) is 23.2. The number of aryl methyl sites for hydroxylation is 2. The van der Waals surface area contributed by atoms with Gasteiger partial charge in [0.25, 0.3) is 0 Å². The van der Waals surface area contributed by atoms with Gasteiger partial charge in [-0.1, -0.05) is 56.3 Å². The zero-order chi connectivity index (χ0) is 55.3. The highest BCUT2D eigenvalue weighted by Gasteiger charge is 2.48. The van der Waals surface area contributed by atoms with Crippen LogP contribution in [0.3, 0.4) is 0 Å². The number of aliphatic hydroxyl groups is 2. The summed E-state index contributed by atoms with van der Waals surface area (Å²) in [6.07, 6.45) is 8.13. The number of nitrogens with zero attached hydrogens (tertiary/aromatic N) is 2. The minimum atomic E-state index is -1.37. The Bertz CT molecular complexity index is 3020. The van der Waals surface area contributed by atoms with Gasteiger partial charge in [0.2, 0.25) is 12.6 Å². The standard InChI is InChI=1S/C26H28N2O10.C25H30N2O10/c1-7-12-34-28-26(32)38-23-20(29)13(4)17(8-2)35-25(23)36-18-11-10-16-21(30)19(15(6)27-33-9-3)24(31)37-22(16)14(18)5;1-7-11-33-27-25(31)37-22-12(3)16(8-2)34-24(20(22)29)35-17-10-9-15-19(28)18(14(5)26-32-6)23(30)36-21(15)13(17)4/h1,3,10-11,13,17,20,23,25,29-30H,8,12H2,2,4-6H3,(H,28,32);1,9-10,12,16,20,22,24,28-29H,8,11H2,2-6H3,(H,27,31)/b27-15-;26-14-/t13-,17-,20+,23+,25?;12-,16-,20+,22+,24?/m00/s1. The van der Waals surface area contributed by atoms with Crippen molar-refractivity contribution in [2.45, 2.75) is 117 Å². The Hall–Kier alpha value is -8.02. The molecule has 2 fully saturated rings. The summed E-state index contributed by atoms with van der Waals surface area (Å²) < 4.78 is 45.6. The molecule has 2 aliphatic rings. The largest absolute Gasteiger partial charge is 0.506 e. The number of terminal acetylenes is 3. The van der Waals surface area contributed by atoms with Crippen LogP contribution in [0.1, 0.15) is 76.6 Å². The molecular weight excluding hydrogens is 989 g/mol. The second-order valence-corrected chi connectivity index (χ2v) is 16.9. The zero-order valence-electron chi connectivity index (χ0n) is 42.4. The Balaban J connectivity index is 0.000000277. The van der Waals surface area contributed by atoms with Gasteiger partial charge >= 0.3 is 23.4 Å². The fraction of sp³-hybridized carbons (Fsp3) is 0.451. The van der Waals surface area contributed by atoms with E-state index in [1.54, 1.807) is 27.7 Å². The summed E-state index contributed by atoms with van der Waals surface area (Å²) >= 11 is 0. The van der Waals surface area contributed by atoms with Gasteiger partial charge < -0.3 is 67.4 Å². The molecule has 2 aromatic carbocycles. The summed E-state index contributed by atoms with van der Waals surface area (Å²) in [7, 11) is 1.32. The number of rotatable bonds is 16. The van der Waals surface area contributed by atoms with E-state index in [0.29, 0.717) is 24.0 Å². The van der Waals surface area contributed by atoms with Crippen molar-refractivity contribution in [2.24, 2.45) is 22.1 Å². The van der Waals surface area contributed by atoms with Gasteiger partial charge in [-0.2, -0.15) is 11.0 Å². The van der Waals surface area contributed by atoms with E-state index in [-0.39, 0.29) is 86.6 Å². The van der Waals surface area contributed by atoms with E-state index in [1.807, 2.05) is 25.4 Å². The average molecular weight is 1050 g/mol. The van der Waals surface area contributed by atoms with Gasteiger partial charge in [-0.3, -0.25) is 9.68 Å². The number of oxime groups is 2. The van der Waals surface area contributed by atoms with Crippen LogP contribution in [0.2, 0.25) is 0 Å². The van der Waals surface area contributed by atoms with E-state index in [0.717, 1.165) is 0 Å². The van der Waals surface area contributed by atoms with E-state index >= 15 is 0 Å². The number of hydrogen-bond acceptors (Lipinski definition) is 22. The van der Waals surface area contributed by atoms with Crippen LogP contribution in [-0.4, -0.2) is 114 Å². The number of amides is 2. The van der Waals surface area contributed by atoms with E-state index in [1.165, 1.54) is 45.2 Å². The van der Waals surface area contributed by atoms with Crippen molar-refractivity contribution in [2.75, 3.05) is 20.3 Å². The number of benzene rings is 2. The lowest BCUT2D eigenvalue weighted by atomic mass is 9.89. The topological polar surface area (TPSA) is 317 Å². The number of fused-ring (bicyclic) bond motifs is 2. The highest BCUT2D eigenvalue weighted by Crippen LogP contribution is 2.39. The van der Waals surface area contributed by atoms with Gasteiger partial charge in [0.1, 0.15) is 83.9 Å². The average Bonchev–Trinajstić information content (AvgIpc) is 3.37. The van der Waals surface area contributed by atoms with Crippen molar-refractivity contribution in [3.8, 4) is 60.2 Å². The smallest absolute Gasteiger partial charge is 0.431 e. The number of aliphatic hydroxyl groups excluding tert-OH is 2. The van der Waals surface area contributed by atoms with Crippen LogP contribution in [0.25, 0.3) is 21.9 Å². The Morgan fingerprint density at radius 3 is 1.61 bits per heavy atom. The molecule has 2 aromatic heterocycles. The van der Waals surface area contributed by atoms with Crippen LogP contribution >= 0.6 is 0 Å². The summed E-state index contributed by atoms with van der Waals surface area (Å²) in [5.41, 5.74) is 3.01. The summed E-state index contributed by atoms with van der Waals surface area (Å²) in [6.45, 7) is 13.1. The molecule has 0 bridgehead atoms. The molecule has 24 nitrogen and oxygen atoms in total. The Kier molecular flexibility index (Phi) is 20.3. The van der Waals surface area contributed by atoms with Crippen molar-refractivity contribution < 1.29 is 86.6 Å². The second-order valence-electron chi connectivity index (χ2n) is 16.9. The maximum Gasteiger partial charge on any atom is 0.431 e. The quantitative estimate of drug-likeness (QED) is 0.0292. The fourth-order valence-corrected chi connectivity index (χ4v) is 8.31. The molecule has 2 unspecified atom stereocenters. The molecule has 2 aliphatic heterocycles. The highest BCUT2D eigenvalue weighted by atomic mass is 16.7. The third kappa shape index (κ3) is 13.2. The molecular formula is C51H58N4O20. The van der Waals surface area contributed by atoms with E-state index in [9.17, 15) is 39.6 Å². The Morgan fingerprint density at radius 1 is 0.693 bits per heavy atom. The molecule has 75 heavy (non-hydrogen) atoms. The van der Waals surface area contributed by atoms with Crippen molar-refractivity contribution in [3.05, 3.63) is 67.4 Å². The number of nitrogens with one attached hydrogen (secondary N) is 2. The fourth-order valence-electron chi connectivity index (χ4n) is 8.31. The number of carbonyl (C=O) groups excluding carboxylic acids is 2. The Labute approximate surface area is 429 Å². The molecule has 6 N–H and O–H groups in total. The maximum atomic E-state index is 12.7. The normalized spacial score (nSPS) is 23.5. The molecule has 2 amide bonds. The van der Waals surface area contributed by atoms with Gasteiger partial charge in [0.05, 0.1) is 34.4 Å². The van der Waals surface area contributed by atoms with Gasteiger partial charge in [-0.15, -0.1) is 12.8 Å². The van der Waals surface area contributed by atoms with Crippen molar-refractivity contribution in [1.82, 2.24) is 11.0 Å². The molecule has 0 saturated carbocycles. The van der Waals surface area contributed by atoms with E-state index < -0.39 is 78.6 Å². The summed E-state index contributed by atoms with van der Waals surface area (Å²) in [5.74, 6) is 3.32. The SMILES string of the molecule is C#CCONC(=O)O[C@@H]1[C@@H](C)[C@H](CC)OC(Oc2ccc3c(O)c(/C(C)=N\OC)c(=O)oc3c2C)[C@@H]1O.C#CCONC(=O)O[C@H]1C(Oc2ccc3c(O)c(/C(C)=N\OC#C)c(=O)oc3c2C)O[C@@H](CC)[C@H](C)[C@H]1O. The summed E-state index contributed by atoms with van der Waals surface area (Å²) in [5, 5.41) is 51.1. The first-order chi connectivity index (χ1) is 35.8. The number of hydroxylamine groups is 2. The minimum absolute atomic E-state index is 0.0166. The number of aromatic hydroxyl groups is 2. The van der Waals surface area contributed by atoms with Crippen LogP contribution in [0.5, 0.6) is 23.0 Å². The predicted molar refractivity (Wildman–Crippen MR) is 265 cm³/mol. The minimum Gasteiger partial charge on any atom is -0.506 e. The van der Waals surface area contributed by atoms with Crippen LogP contribution in [0.15, 0.2) is 53.0 Å². The monoisotopic (exact) mass is 1050 g/mol. The molecule has 0 aliphatic carbocycles. The third-order valence-electron chi connectivity index (χ3n) is 12.1. The van der Waals surface area contributed by atoms with Gasteiger partial charge in [-0.25, -0.2) is 19.2 Å². The van der Waals surface area contributed by atoms with Gasteiger partial charge in [-0.05, 0) is 64.8 Å². The lowest BCUT2D eigenvalue weighted by molar-refractivity contribution is -0.256. The third-order valence-corrected chi connectivity index (χ3v) is 12.1. The van der Waals surface area contributed by atoms with Crippen LogP contribution in [0.4, 0.5) is 9.59 Å². The van der Waals surface area contributed by atoms with E-state index in [4.69, 9.17) is 66.2 Å². The lowest BCUT2D eigenvalue weighted by Gasteiger charge is -2.42. The molecule has 0 radical (unpaired) electrons. The van der Waals surface area contributed by atoms with Crippen molar-refractivity contribution >= 4 is 45.5 Å². The first kappa shape index (κ1) is 57.9. The zero-order valence-corrected chi connectivity index (χ0v) is 42.4. The molecule has 24 heteroatoms. The molecule has 0 spiro atoms. The highest BCUT2D eigenvalue weighted by molar-refractivity contribution is 6.05. The molecule has 10 atom stereocenters. The summed E-state index contributed by atoms with van der Waals surface area (Å²) in [4.78, 5) is 68.3. The lowest BCUT2D eigenvalue weighted by Crippen LogP contribution is -2.57. The molecule has 2 saturated heterocycles. The Morgan fingerprint density at radius 2 is 1.15 bits per heavy atom. The van der Waals surface area contributed by atoms with Crippen LogP contribution < -0.4 is 31.7 Å². The number of hydrogen-bond donors (Lipinski definition) is 6. The second kappa shape index (κ2) is 26.3. The molecule has 4 heterocycles. The molecule has 6 rings (SSSR count). The predicted octanol–water partition coefficient (Wildman–Crippen LogP) is 4.66. The molecule has 4 aromatic rings. The van der Waals surface area contributed by atoms with E-state index in [2.05, 4.69) is 37.3 Å². The molecule has 402 valence electrons. The van der Waals surface area contributed by atoms with Crippen molar-refractivity contribution in [3.63, 3.8) is 0 Å². The van der Waals surface area contributed by atoms with Crippen molar-refractivity contribution in [1.29, 1.82) is 0 Å². The van der Waals surface area contributed by atoms with Gasteiger partial charge in [0, 0.05) is 23.0 Å². The number of carbonyl (C=O) groups is 2.